The molecule has 0 aromatic heterocycles. The number of carbonyl (C=O) groups is 2. The number of benzene rings is 1. The van der Waals surface area contributed by atoms with Crippen molar-refractivity contribution in [1.29, 1.82) is 0 Å². The first-order chi connectivity index (χ1) is 8.87. The van der Waals surface area contributed by atoms with E-state index in [1.165, 1.54) is 4.90 Å². The SMILES string of the molecule is CC(N)c1ccccc1N1C(=O)C2C(C1=O)C2(C)C. The molecule has 2 amide bonds. The molecule has 2 aliphatic rings. The summed E-state index contributed by atoms with van der Waals surface area (Å²) >= 11 is 0. The minimum Gasteiger partial charge on any atom is -0.324 e. The van der Waals surface area contributed by atoms with Crippen LogP contribution in [0.25, 0.3) is 0 Å². The molecule has 3 atom stereocenters. The van der Waals surface area contributed by atoms with Crippen LogP contribution in [0, 0.1) is 17.3 Å². The topological polar surface area (TPSA) is 63.4 Å². The highest BCUT2D eigenvalue weighted by Crippen LogP contribution is 2.63. The van der Waals surface area contributed by atoms with Gasteiger partial charge in [-0.05, 0) is 24.0 Å². The molecule has 1 aromatic carbocycles. The molecule has 0 spiro atoms. The molecule has 1 aliphatic carbocycles. The molecule has 19 heavy (non-hydrogen) atoms. The average Bonchev–Trinajstić information content (AvgIpc) is 2.80. The number of imide groups is 1. The highest BCUT2D eigenvalue weighted by molar-refractivity contribution is 6.26. The number of piperidine rings is 1. The number of nitrogens with zero attached hydrogens (tertiary/aromatic N) is 1. The van der Waals surface area contributed by atoms with Crippen molar-refractivity contribution in [2.75, 3.05) is 4.90 Å². The number of para-hydroxylation sites is 1. The Morgan fingerprint density at radius 3 is 2.21 bits per heavy atom. The fourth-order valence-electron chi connectivity index (χ4n) is 3.26. The van der Waals surface area contributed by atoms with Crippen molar-refractivity contribution in [3.63, 3.8) is 0 Å². The first-order valence-corrected chi connectivity index (χ1v) is 6.59. The van der Waals surface area contributed by atoms with Gasteiger partial charge in [0.1, 0.15) is 0 Å². The number of anilines is 1. The van der Waals surface area contributed by atoms with Gasteiger partial charge in [0.15, 0.2) is 0 Å². The van der Waals surface area contributed by atoms with Crippen molar-refractivity contribution in [3.05, 3.63) is 29.8 Å². The van der Waals surface area contributed by atoms with Gasteiger partial charge in [-0.2, -0.15) is 0 Å². The fourth-order valence-corrected chi connectivity index (χ4v) is 3.26. The number of rotatable bonds is 2. The Labute approximate surface area is 112 Å². The molecule has 1 heterocycles. The zero-order valence-electron chi connectivity index (χ0n) is 11.4. The summed E-state index contributed by atoms with van der Waals surface area (Å²) in [6.45, 7) is 5.81. The molecule has 4 nitrogen and oxygen atoms in total. The third kappa shape index (κ3) is 1.49. The predicted molar refractivity (Wildman–Crippen MR) is 72.3 cm³/mol. The largest absolute Gasteiger partial charge is 0.324 e. The van der Waals surface area contributed by atoms with E-state index in [4.69, 9.17) is 5.73 Å². The van der Waals surface area contributed by atoms with Crippen LogP contribution >= 0.6 is 0 Å². The fraction of sp³-hybridized carbons (Fsp3) is 0.467. The van der Waals surface area contributed by atoms with E-state index in [0.717, 1.165) is 5.56 Å². The minimum absolute atomic E-state index is 0.0758. The third-order valence-electron chi connectivity index (χ3n) is 4.47. The maximum atomic E-state index is 12.4. The van der Waals surface area contributed by atoms with Gasteiger partial charge in [0.2, 0.25) is 11.8 Å². The molecule has 1 saturated carbocycles. The number of nitrogens with two attached hydrogens (primary N) is 1. The van der Waals surface area contributed by atoms with Crippen LogP contribution in [-0.4, -0.2) is 11.8 Å². The Bertz CT molecular complexity index is 553. The second kappa shape index (κ2) is 3.67. The lowest BCUT2D eigenvalue weighted by atomic mass is 10.0. The van der Waals surface area contributed by atoms with E-state index in [-0.39, 0.29) is 35.1 Å². The van der Waals surface area contributed by atoms with Crippen molar-refractivity contribution in [2.24, 2.45) is 23.0 Å². The molecule has 100 valence electrons. The van der Waals surface area contributed by atoms with Crippen LogP contribution in [0.5, 0.6) is 0 Å². The molecule has 4 heteroatoms. The normalized spacial score (nSPS) is 29.4. The van der Waals surface area contributed by atoms with Crippen molar-refractivity contribution in [1.82, 2.24) is 0 Å². The van der Waals surface area contributed by atoms with Gasteiger partial charge in [-0.15, -0.1) is 0 Å². The van der Waals surface area contributed by atoms with E-state index < -0.39 is 0 Å². The number of hydrogen-bond acceptors (Lipinski definition) is 3. The Morgan fingerprint density at radius 1 is 1.16 bits per heavy atom. The van der Waals surface area contributed by atoms with Crippen molar-refractivity contribution < 1.29 is 9.59 Å². The minimum atomic E-state index is -0.207. The van der Waals surface area contributed by atoms with Gasteiger partial charge >= 0.3 is 0 Å². The highest BCUT2D eigenvalue weighted by atomic mass is 16.2. The first kappa shape index (κ1) is 12.4. The quantitative estimate of drug-likeness (QED) is 0.823. The summed E-state index contributed by atoms with van der Waals surface area (Å²) in [5.41, 5.74) is 7.24. The maximum absolute atomic E-state index is 12.4. The summed E-state index contributed by atoms with van der Waals surface area (Å²) in [4.78, 5) is 26.2. The first-order valence-electron chi connectivity index (χ1n) is 6.59. The van der Waals surface area contributed by atoms with Gasteiger partial charge in [-0.25, -0.2) is 4.90 Å². The van der Waals surface area contributed by atoms with E-state index in [1.807, 2.05) is 39.0 Å². The monoisotopic (exact) mass is 258 g/mol. The lowest BCUT2D eigenvalue weighted by Crippen LogP contribution is -2.37. The number of fused-ring (bicyclic) bond motifs is 1. The molecule has 2 fully saturated rings. The molecule has 3 rings (SSSR count). The zero-order chi connectivity index (χ0) is 13.9. The molecule has 1 aromatic rings. The third-order valence-corrected chi connectivity index (χ3v) is 4.47. The van der Waals surface area contributed by atoms with Gasteiger partial charge in [-0.3, -0.25) is 9.59 Å². The van der Waals surface area contributed by atoms with E-state index in [1.54, 1.807) is 6.07 Å². The molecule has 0 radical (unpaired) electrons. The Balaban J connectivity index is 2.02. The summed E-state index contributed by atoms with van der Waals surface area (Å²) in [7, 11) is 0. The highest BCUT2D eigenvalue weighted by Gasteiger charge is 2.72. The molecular formula is C15H18N2O2. The van der Waals surface area contributed by atoms with E-state index in [0.29, 0.717) is 5.69 Å². The van der Waals surface area contributed by atoms with Crippen molar-refractivity contribution in [2.45, 2.75) is 26.8 Å². The van der Waals surface area contributed by atoms with Crippen LogP contribution in [0.2, 0.25) is 0 Å². The summed E-state index contributed by atoms with van der Waals surface area (Å²) < 4.78 is 0. The van der Waals surface area contributed by atoms with Gasteiger partial charge in [0.05, 0.1) is 17.5 Å². The molecule has 2 N–H and O–H groups in total. The van der Waals surface area contributed by atoms with Crippen LogP contribution in [0.1, 0.15) is 32.4 Å². The Morgan fingerprint density at radius 2 is 1.68 bits per heavy atom. The van der Waals surface area contributed by atoms with Crippen molar-refractivity contribution in [3.8, 4) is 0 Å². The van der Waals surface area contributed by atoms with Crippen LogP contribution in [-0.2, 0) is 9.59 Å². The number of amides is 2. The lowest BCUT2D eigenvalue weighted by Gasteiger charge is -2.24. The van der Waals surface area contributed by atoms with Crippen LogP contribution in [0.15, 0.2) is 24.3 Å². The van der Waals surface area contributed by atoms with Gasteiger partial charge in [0.25, 0.3) is 0 Å². The average molecular weight is 258 g/mol. The second-order valence-electron chi connectivity index (χ2n) is 6.14. The van der Waals surface area contributed by atoms with Gasteiger partial charge in [0, 0.05) is 6.04 Å². The number of carbonyl (C=O) groups excluding carboxylic acids is 2. The van der Waals surface area contributed by atoms with Gasteiger partial charge < -0.3 is 5.73 Å². The zero-order valence-corrected chi connectivity index (χ0v) is 11.4. The summed E-state index contributed by atoms with van der Waals surface area (Å²) in [6.07, 6.45) is 0. The smallest absolute Gasteiger partial charge is 0.238 e. The van der Waals surface area contributed by atoms with Gasteiger partial charge in [-0.1, -0.05) is 32.0 Å². The van der Waals surface area contributed by atoms with E-state index in [2.05, 4.69) is 0 Å². The Kier molecular flexibility index (Phi) is 2.39. The predicted octanol–water partition coefficient (Wildman–Crippen LogP) is 1.85. The van der Waals surface area contributed by atoms with Crippen LogP contribution in [0.4, 0.5) is 5.69 Å². The molecule has 1 aliphatic heterocycles. The molecule has 1 saturated heterocycles. The van der Waals surface area contributed by atoms with Crippen LogP contribution in [0.3, 0.4) is 0 Å². The standard InChI is InChI=1S/C15H18N2O2/c1-8(16)9-6-4-5-7-10(9)17-13(18)11-12(14(17)19)15(11,2)3/h4-8,11-12H,16H2,1-3H3. The van der Waals surface area contributed by atoms with E-state index >= 15 is 0 Å². The summed E-state index contributed by atoms with van der Waals surface area (Å²) in [6, 6.07) is 7.16. The van der Waals surface area contributed by atoms with Crippen molar-refractivity contribution >= 4 is 17.5 Å². The molecular weight excluding hydrogens is 240 g/mol. The van der Waals surface area contributed by atoms with E-state index in [9.17, 15) is 9.59 Å². The molecule has 3 unspecified atom stereocenters. The maximum Gasteiger partial charge on any atom is 0.238 e. The second-order valence-corrected chi connectivity index (χ2v) is 6.14. The number of hydrogen-bond donors (Lipinski definition) is 1. The molecule has 0 bridgehead atoms. The Hall–Kier alpha value is -1.68. The summed E-state index contributed by atoms with van der Waals surface area (Å²) in [5, 5.41) is 0. The lowest BCUT2D eigenvalue weighted by molar-refractivity contribution is -0.125. The summed E-state index contributed by atoms with van der Waals surface area (Å²) in [5.74, 6) is -0.455. The van der Waals surface area contributed by atoms with Crippen LogP contribution < -0.4 is 10.6 Å².